The van der Waals surface area contributed by atoms with Crippen LogP contribution < -0.4 is 21.5 Å². The van der Waals surface area contributed by atoms with Crippen LogP contribution in [-0.2, 0) is 16.1 Å². The molecule has 9 nitrogen and oxygen atoms in total. The number of rotatable bonds is 5. The number of nitrogens with zero attached hydrogens (tertiary/aromatic N) is 2. The second kappa shape index (κ2) is 8.43. The molecule has 2 aliphatic rings. The first-order chi connectivity index (χ1) is 15.9. The van der Waals surface area contributed by atoms with Crippen molar-refractivity contribution in [3.05, 3.63) is 62.8 Å². The predicted molar refractivity (Wildman–Crippen MR) is 126 cm³/mol. The van der Waals surface area contributed by atoms with Gasteiger partial charge in [0.2, 0.25) is 5.91 Å². The van der Waals surface area contributed by atoms with Crippen LogP contribution in [0.15, 0.2) is 50.9 Å². The zero-order valence-corrected chi connectivity index (χ0v) is 18.7. The van der Waals surface area contributed by atoms with E-state index in [0.29, 0.717) is 47.4 Å². The SMILES string of the molecule is Cc1ccc2[nH]c(=O)n(CCC[C@@H]3CN(c4ccc5c(c4)NC(=O)CS5)C(=O)O3)c(=O)c2c1. The Morgan fingerprint density at radius 2 is 1.97 bits per heavy atom. The highest BCUT2D eigenvalue weighted by Crippen LogP contribution is 2.35. The summed E-state index contributed by atoms with van der Waals surface area (Å²) in [7, 11) is 0. The average molecular weight is 467 g/mol. The fraction of sp³-hybridized carbons (Fsp3) is 0.304. The molecule has 1 saturated heterocycles. The van der Waals surface area contributed by atoms with E-state index in [1.54, 1.807) is 18.2 Å². The number of nitrogens with one attached hydrogen (secondary N) is 2. The second-order valence-electron chi connectivity index (χ2n) is 8.21. The van der Waals surface area contributed by atoms with Crippen LogP contribution in [0.5, 0.6) is 0 Å². The van der Waals surface area contributed by atoms with Crippen LogP contribution in [0, 0.1) is 6.92 Å². The summed E-state index contributed by atoms with van der Waals surface area (Å²) in [5.41, 5.74) is 2.03. The van der Waals surface area contributed by atoms with Gasteiger partial charge < -0.3 is 15.0 Å². The summed E-state index contributed by atoms with van der Waals surface area (Å²) in [6.07, 6.45) is 0.210. The van der Waals surface area contributed by atoms with Crippen LogP contribution in [0.4, 0.5) is 16.2 Å². The quantitative estimate of drug-likeness (QED) is 0.598. The molecule has 170 valence electrons. The van der Waals surface area contributed by atoms with Gasteiger partial charge in [0.25, 0.3) is 5.56 Å². The molecule has 1 fully saturated rings. The lowest BCUT2D eigenvalue weighted by molar-refractivity contribution is -0.113. The van der Waals surface area contributed by atoms with E-state index >= 15 is 0 Å². The number of carbonyl (C=O) groups is 2. The number of ether oxygens (including phenoxy) is 1. The summed E-state index contributed by atoms with van der Waals surface area (Å²) in [4.78, 5) is 54.5. The molecular weight excluding hydrogens is 444 g/mol. The van der Waals surface area contributed by atoms with Gasteiger partial charge in [-0.3, -0.25) is 19.1 Å². The number of aromatic nitrogens is 2. The van der Waals surface area contributed by atoms with Crippen molar-refractivity contribution in [3.63, 3.8) is 0 Å². The maximum absolute atomic E-state index is 12.8. The van der Waals surface area contributed by atoms with Gasteiger partial charge in [-0.1, -0.05) is 11.6 Å². The van der Waals surface area contributed by atoms with E-state index in [-0.39, 0.29) is 24.1 Å². The Kier molecular flexibility index (Phi) is 5.45. The summed E-state index contributed by atoms with van der Waals surface area (Å²) >= 11 is 1.46. The average Bonchev–Trinajstić information content (AvgIpc) is 3.16. The van der Waals surface area contributed by atoms with Gasteiger partial charge in [0.05, 0.1) is 28.9 Å². The zero-order chi connectivity index (χ0) is 23.1. The Labute approximate surface area is 192 Å². The molecule has 0 bridgehead atoms. The first-order valence-electron chi connectivity index (χ1n) is 10.7. The number of thioether (sulfide) groups is 1. The normalized spacial score (nSPS) is 17.7. The molecule has 2 aliphatic heterocycles. The minimum atomic E-state index is -0.453. The number of fused-ring (bicyclic) bond motifs is 2. The fourth-order valence-corrected chi connectivity index (χ4v) is 4.95. The van der Waals surface area contributed by atoms with E-state index in [0.717, 1.165) is 10.5 Å². The number of cyclic esters (lactones) is 1. The lowest BCUT2D eigenvalue weighted by Gasteiger charge is -2.20. The van der Waals surface area contributed by atoms with Gasteiger partial charge in [0.15, 0.2) is 0 Å². The van der Waals surface area contributed by atoms with Crippen molar-refractivity contribution in [1.82, 2.24) is 9.55 Å². The molecule has 0 saturated carbocycles. The molecule has 0 spiro atoms. The molecule has 2 amide bonds. The van der Waals surface area contributed by atoms with Crippen molar-refractivity contribution in [3.8, 4) is 0 Å². The maximum atomic E-state index is 12.8. The highest BCUT2D eigenvalue weighted by atomic mass is 32.2. The van der Waals surface area contributed by atoms with Crippen molar-refractivity contribution < 1.29 is 14.3 Å². The molecular formula is C23H22N4O5S. The molecule has 3 heterocycles. The van der Waals surface area contributed by atoms with Crippen molar-refractivity contribution in [2.75, 3.05) is 22.5 Å². The van der Waals surface area contributed by atoms with E-state index in [1.807, 2.05) is 25.1 Å². The van der Waals surface area contributed by atoms with Gasteiger partial charge in [-0.05, 0) is 50.1 Å². The third-order valence-corrected chi connectivity index (χ3v) is 6.90. The number of carbonyl (C=O) groups excluding carboxylic acids is 2. The lowest BCUT2D eigenvalue weighted by Crippen LogP contribution is -2.35. The molecule has 10 heteroatoms. The van der Waals surface area contributed by atoms with Gasteiger partial charge in [0, 0.05) is 17.1 Å². The Hall–Kier alpha value is -3.53. The first-order valence-corrected chi connectivity index (χ1v) is 11.7. The lowest BCUT2D eigenvalue weighted by atomic mass is 10.1. The Morgan fingerprint density at radius 1 is 1.12 bits per heavy atom. The van der Waals surface area contributed by atoms with Crippen LogP contribution in [0.1, 0.15) is 18.4 Å². The van der Waals surface area contributed by atoms with Gasteiger partial charge in [-0.25, -0.2) is 9.59 Å². The molecule has 2 aromatic carbocycles. The van der Waals surface area contributed by atoms with Crippen molar-refractivity contribution in [2.24, 2.45) is 0 Å². The van der Waals surface area contributed by atoms with E-state index in [2.05, 4.69) is 10.3 Å². The summed E-state index contributed by atoms with van der Waals surface area (Å²) < 4.78 is 6.69. The van der Waals surface area contributed by atoms with Crippen molar-refractivity contribution in [2.45, 2.75) is 37.3 Å². The Bertz CT molecular complexity index is 1400. The third-order valence-electron chi connectivity index (χ3n) is 5.83. The van der Waals surface area contributed by atoms with Crippen LogP contribution in [0.3, 0.4) is 0 Å². The number of hydrogen-bond donors (Lipinski definition) is 2. The molecule has 2 N–H and O–H groups in total. The van der Waals surface area contributed by atoms with Crippen molar-refractivity contribution >= 4 is 46.0 Å². The molecule has 1 aromatic heterocycles. The number of benzene rings is 2. The third kappa shape index (κ3) is 4.13. The van der Waals surface area contributed by atoms with Gasteiger partial charge in [-0.2, -0.15) is 0 Å². The van der Waals surface area contributed by atoms with E-state index in [1.165, 1.54) is 21.2 Å². The number of aromatic amines is 1. The smallest absolute Gasteiger partial charge is 0.414 e. The molecule has 1 atom stereocenters. The Balaban J connectivity index is 1.26. The minimum absolute atomic E-state index is 0.0689. The molecule has 33 heavy (non-hydrogen) atoms. The van der Waals surface area contributed by atoms with Gasteiger partial charge in [0.1, 0.15) is 6.10 Å². The number of aryl methyl sites for hydroxylation is 1. The summed E-state index contributed by atoms with van der Waals surface area (Å²) in [6, 6.07) is 10.8. The van der Waals surface area contributed by atoms with E-state index in [9.17, 15) is 19.2 Å². The second-order valence-corrected chi connectivity index (χ2v) is 9.23. The maximum Gasteiger partial charge on any atom is 0.414 e. The highest BCUT2D eigenvalue weighted by molar-refractivity contribution is 8.00. The number of amides is 2. The minimum Gasteiger partial charge on any atom is -0.444 e. The summed E-state index contributed by atoms with van der Waals surface area (Å²) in [5.74, 6) is 0.309. The highest BCUT2D eigenvalue weighted by Gasteiger charge is 2.32. The predicted octanol–water partition coefficient (Wildman–Crippen LogP) is 2.85. The topological polar surface area (TPSA) is 114 Å². The van der Waals surface area contributed by atoms with Crippen LogP contribution >= 0.6 is 11.8 Å². The monoisotopic (exact) mass is 466 g/mol. The fourth-order valence-electron chi connectivity index (χ4n) is 4.17. The number of hydrogen-bond acceptors (Lipinski definition) is 6. The van der Waals surface area contributed by atoms with Crippen LogP contribution in [0.2, 0.25) is 0 Å². The van der Waals surface area contributed by atoms with Crippen molar-refractivity contribution in [1.29, 1.82) is 0 Å². The van der Waals surface area contributed by atoms with E-state index in [4.69, 9.17) is 4.74 Å². The number of H-pyrrole nitrogens is 1. The molecule has 5 rings (SSSR count). The van der Waals surface area contributed by atoms with Gasteiger partial charge >= 0.3 is 11.8 Å². The largest absolute Gasteiger partial charge is 0.444 e. The molecule has 0 unspecified atom stereocenters. The molecule has 0 radical (unpaired) electrons. The molecule has 0 aliphatic carbocycles. The number of anilines is 2. The van der Waals surface area contributed by atoms with Crippen LogP contribution in [-0.4, -0.2) is 40.0 Å². The Morgan fingerprint density at radius 3 is 2.82 bits per heavy atom. The van der Waals surface area contributed by atoms with Gasteiger partial charge in [-0.15, -0.1) is 11.8 Å². The first kappa shape index (κ1) is 21.3. The standard InChI is InChI=1S/C23H22N4O5S/c1-13-4-6-17-16(9-13)21(29)26(22(30)25-17)8-2-3-15-11-27(23(31)32-15)14-5-7-19-18(10-14)24-20(28)12-33-19/h4-7,9-10,15H,2-3,8,11-12H2,1H3,(H,24,28)(H,25,30)/t15-/m1/s1. The van der Waals surface area contributed by atoms with Crippen LogP contribution in [0.25, 0.3) is 10.9 Å². The van der Waals surface area contributed by atoms with E-state index < -0.39 is 11.8 Å². The molecule has 3 aromatic rings. The zero-order valence-electron chi connectivity index (χ0n) is 17.9. The summed E-state index contributed by atoms with van der Waals surface area (Å²) in [5, 5.41) is 3.30. The summed E-state index contributed by atoms with van der Waals surface area (Å²) in [6.45, 7) is 2.49.